The van der Waals surface area contributed by atoms with Crippen LogP contribution in [0.1, 0.15) is 70.8 Å². The molecular weight excluding hydrogens is 410 g/mol. The summed E-state index contributed by atoms with van der Waals surface area (Å²) < 4.78 is 0. The molecule has 178 valence electrons. The summed E-state index contributed by atoms with van der Waals surface area (Å²) in [5.41, 5.74) is 1.58. The smallest absolute Gasteiger partial charge is 0.251 e. The van der Waals surface area contributed by atoms with Crippen molar-refractivity contribution in [2.75, 3.05) is 19.1 Å². The predicted molar refractivity (Wildman–Crippen MR) is 134 cm³/mol. The van der Waals surface area contributed by atoms with Gasteiger partial charge in [0.05, 0.1) is 6.04 Å². The van der Waals surface area contributed by atoms with Crippen molar-refractivity contribution < 1.29 is 14.4 Å². The lowest BCUT2D eigenvalue weighted by Gasteiger charge is -2.24. The summed E-state index contributed by atoms with van der Waals surface area (Å²) in [5.74, 6) is 0.0112. The number of amides is 2. The van der Waals surface area contributed by atoms with Crippen molar-refractivity contribution in [2.24, 2.45) is 5.92 Å². The molecule has 0 aliphatic carbocycles. The van der Waals surface area contributed by atoms with Gasteiger partial charge in [-0.25, -0.2) is 0 Å². The molecule has 0 fully saturated rings. The van der Waals surface area contributed by atoms with E-state index in [9.17, 15) is 14.4 Å². The van der Waals surface area contributed by atoms with E-state index in [1.165, 1.54) is 6.92 Å². The summed E-state index contributed by atoms with van der Waals surface area (Å²) in [6.45, 7) is 14.0. The molecule has 2 amide bonds. The Hall–Kier alpha value is -1.86. The Morgan fingerprint density at radius 3 is 1.94 bits per heavy atom. The average Bonchev–Trinajstić information content (AvgIpc) is 2.77. The second-order valence-electron chi connectivity index (χ2n) is 6.88. The first-order valence-corrected chi connectivity index (χ1v) is 12.5. The molecule has 0 saturated carbocycles. The summed E-state index contributed by atoms with van der Waals surface area (Å²) in [5, 5.41) is 8.65. The lowest BCUT2D eigenvalue weighted by Crippen LogP contribution is -2.52. The molecule has 0 aromatic heterocycles. The van der Waals surface area contributed by atoms with E-state index in [1.807, 2.05) is 67.0 Å². The normalized spacial score (nSPS) is 11.8. The largest absolute Gasteiger partial charge is 0.344 e. The zero-order valence-electron chi connectivity index (χ0n) is 20.8. The van der Waals surface area contributed by atoms with Gasteiger partial charge in [-0.2, -0.15) is 11.8 Å². The molecule has 1 rings (SSSR count). The fourth-order valence-corrected chi connectivity index (χ4v) is 3.19. The molecule has 6 nitrogen and oxygen atoms in total. The van der Waals surface area contributed by atoms with Gasteiger partial charge in [0.1, 0.15) is 6.04 Å². The average molecular weight is 454 g/mol. The summed E-state index contributed by atoms with van der Waals surface area (Å²) in [6, 6.07) is 6.03. The second kappa shape index (κ2) is 18.9. The third kappa shape index (κ3) is 12.6. The van der Waals surface area contributed by atoms with E-state index >= 15 is 0 Å². The Morgan fingerprint density at radius 1 is 0.968 bits per heavy atom. The van der Waals surface area contributed by atoms with Crippen molar-refractivity contribution in [1.82, 2.24) is 16.0 Å². The summed E-state index contributed by atoms with van der Waals surface area (Å²) in [4.78, 5) is 37.0. The van der Waals surface area contributed by atoms with Crippen LogP contribution in [-0.4, -0.2) is 48.7 Å². The first-order valence-electron chi connectivity index (χ1n) is 11.1. The highest BCUT2D eigenvalue weighted by Gasteiger charge is 2.26. The molecule has 1 aromatic rings. The van der Waals surface area contributed by atoms with Crippen LogP contribution in [0.2, 0.25) is 0 Å². The molecule has 0 aliphatic heterocycles. The van der Waals surface area contributed by atoms with Crippen molar-refractivity contribution in [1.29, 1.82) is 0 Å². The van der Waals surface area contributed by atoms with Crippen LogP contribution < -0.4 is 16.0 Å². The van der Waals surface area contributed by atoms with E-state index in [2.05, 4.69) is 16.0 Å². The monoisotopic (exact) mass is 453 g/mol. The van der Waals surface area contributed by atoms with Crippen molar-refractivity contribution in [3.05, 3.63) is 35.4 Å². The Bertz CT molecular complexity index is 633. The molecule has 2 atom stereocenters. The number of rotatable bonds is 11. The van der Waals surface area contributed by atoms with Gasteiger partial charge < -0.3 is 16.0 Å². The minimum Gasteiger partial charge on any atom is -0.344 e. The van der Waals surface area contributed by atoms with Gasteiger partial charge in [0.25, 0.3) is 5.91 Å². The highest BCUT2D eigenvalue weighted by molar-refractivity contribution is 7.98. The molecule has 31 heavy (non-hydrogen) atoms. The molecule has 0 saturated heterocycles. The fraction of sp³-hybridized carbons (Fsp3) is 0.625. The zero-order chi connectivity index (χ0) is 24.4. The summed E-state index contributed by atoms with van der Waals surface area (Å²) in [6.07, 6.45) is 2.45. The van der Waals surface area contributed by atoms with Crippen molar-refractivity contribution in [3.63, 3.8) is 0 Å². The van der Waals surface area contributed by atoms with Gasteiger partial charge in [0.15, 0.2) is 5.78 Å². The van der Waals surface area contributed by atoms with Gasteiger partial charge in [-0.1, -0.05) is 53.7 Å². The lowest BCUT2D eigenvalue weighted by molar-refractivity contribution is -0.129. The van der Waals surface area contributed by atoms with E-state index < -0.39 is 12.1 Å². The SMILES string of the molecule is CC.CC.CNCc1ccc(C(=O)NC(CCSC)C(=O)NC(C(C)=O)C(C)C)cc1. The molecular formula is C24H43N3O3S. The Kier molecular flexibility index (Phi) is 19.1. The Labute approximate surface area is 193 Å². The third-order valence-electron chi connectivity index (χ3n) is 4.23. The van der Waals surface area contributed by atoms with Crippen LogP contribution in [0, 0.1) is 5.92 Å². The van der Waals surface area contributed by atoms with Gasteiger partial charge in [0.2, 0.25) is 5.91 Å². The highest BCUT2D eigenvalue weighted by atomic mass is 32.2. The number of benzene rings is 1. The second-order valence-corrected chi connectivity index (χ2v) is 7.86. The Morgan fingerprint density at radius 2 is 1.52 bits per heavy atom. The van der Waals surface area contributed by atoms with Crippen molar-refractivity contribution in [2.45, 2.75) is 73.5 Å². The quantitative estimate of drug-likeness (QED) is 0.471. The van der Waals surface area contributed by atoms with Crippen LogP contribution in [-0.2, 0) is 16.1 Å². The van der Waals surface area contributed by atoms with Gasteiger partial charge in [-0.3, -0.25) is 14.4 Å². The number of carbonyl (C=O) groups excluding carboxylic acids is 3. The van der Waals surface area contributed by atoms with E-state index in [4.69, 9.17) is 0 Å². The molecule has 7 heteroatoms. The first-order chi connectivity index (χ1) is 14.8. The maximum atomic E-state index is 12.7. The van der Waals surface area contributed by atoms with Gasteiger partial charge in [0, 0.05) is 12.1 Å². The van der Waals surface area contributed by atoms with Crippen LogP contribution in [0.25, 0.3) is 0 Å². The molecule has 0 bridgehead atoms. The topological polar surface area (TPSA) is 87.3 Å². The van der Waals surface area contributed by atoms with E-state index in [1.54, 1.807) is 23.9 Å². The molecule has 0 heterocycles. The number of hydrogen-bond acceptors (Lipinski definition) is 5. The van der Waals surface area contributed by atoms with Crippen molar-refractivity contribution in [3.8, 4) is 0 Å². The third-order valence-corrected chi connectivity index (χ3v) is 4.88. The zero-order valence-corrected chi connectivity index (χ0v) is 21.6. The number of ketones is 1. The Balaban J connectivity index is 0. The minimum absolute atomic E-state index is 0.0110. The highest BCUT2D eigenvalue weighted by Crippen LogP contribution is 2.09. The van der Waals surface area contributed by atoms with Gasteiger partial charge in [-0.15, -0.1) is 0 Å². The molecule has 3 N–H and O–H groups in total. The van der Waals surface area contributed by atoms with Crippen LogP contribution in [0.15, 0.2) is 24.3 Å². The summed E-state index contributed by atoms with van der Waals surface area (Å²) >= 11 is 1.60. The maximum Gasteiger partial charge on any atom is 0.251 e. The van der Waals surface area contributed by atoms with Crippen molar-refractivity contribution >= 4 is 29.4 Å². The van der Waals surface area contributed by atoms with E-state index in [-0.39, 0.29) is 23.5 Å². The maximum absolute atomic E-state index is 12.7. The van der Waals surface area contributed by atoms with E-state index in [0.29, 0.717) is 12.0 Å². The minimum atomic E-state index is -0.678. The first kappa shape index (κ1) is 31.3. The van der Waals surface area contributed by atoms with Gasteiger partial charge in [-0.05, 0) is 56.0 Å². The number of thioether (sulfide) groups is 1. The molecule has 0 spiro atoms. The van der Waals surface area contributed by atoms with E-state index in [0.717, 1.165) is 17.9 Å². The van der Waals surface area contributed by atoms with Gasteiger partial charge >= 0.3 is 0 Å². The standard InChI is InChI=1S/C20H31N3O3S.2C2H6/c1-13(2)18(14(3)24)23-20(26)17(10-11-27-5)22-19(25)16-8-6-15(7-9-16)12-21-4;2*1-2/h6-9,13,17-18,21H,10-12H2,1-5H3,(H,22,25)(H,23,26);2*1-2H3. The fourth-order valence-electron chi connectivity index (χ4n) is 2.72. The number of carbonyl (C=O) groups is 3. The molecule has 1 aromatic carbocycles. The molecule has 0 aliphatic rings. The molecule has 2 unspecified atom stereocenters. The van der Waals surface area contributed by atoms with Crippen LogP contribution >= 0.6 is 11.8 Å². The number of hydrogen-bond donors (Lipinski definition) is 3. The van der Waals surface area contributed by atoms with Crippen LogP contribution in [0.4, 0.5) is 0 Å². The summed E-state index contributed by atoms with van der Waals surface area (Å²) in [7, 11) is 1.86. The predicted octanol–water partition coefficient (Wildman–Crippen LogP) is 4.04. The lowest BCUT2D eigenvalue weighted by atomic mass is 10.00. The van der Waals surface area contributed by atoms with Crippen LogP contribution in [0.5, 0.6) is 0 Å². The number of Topliss-reactive ketones (excluding diaryl/α,β-unsaturated/α-hetero) is 1. The molecule has 0 radical (unpaired) electrons. The van der Waals surface area contributed by atoms with Crippen LogP contribution in [0.3, 0.4) is 0 Å². The number of nitrogens with one attached hydrogen (secondary N) is 3.